The van der Waals surface area contributed by atoms with E-state index in [1.807, 2.05) is 6.07 Å². The summed E-state index contributed by atoms with van der Waals surface area (Å²) in [7, 11) is 0. The van der Waals surface area contributed by atoms with Crippen molar-refractivity contribution in [1.82, 2.24) is 4.98 Å². The number of hydrogen-bond donors (Lipinski definition) is 2. The molecular weight excluding hydrogens is 260 g/mol. The summed E-state index contributed by atoms with van der Waals surface area (Å²) in [6, 6.07) is 7.10. The van der Waals surface area contributed by atoms with Crippen molar-refractivity contribution < 1.29 is 9.90 Å². The number of aromatic nitrogens is 1. The first-order chi connectivity index (χ1) is 9.31. The second-order valence-corrected chi connectivity index (χ2v) is 4.51. The van der Waals surface area contributed by atoms with Gasteiger partial charge in [0.15, 0.2) is 5.13 Å². The monoisotopic (exact) mass is 272 g/mol. The first kappa shape index (κ1) is 13.3. The average molecular weight is 272 g/mol. The third kappa shape index (κ3) is 3.65. The summed E-state index contributed by atoms with van der Waals surface area (Å²) in [4.78, 5) is 16.1. The first-order valence-electron chi connectivity index (χ1n) is 5.71. The van der Waals surface area contributed by atoms with Gasteiger partial charge in [0.25, 0.3) is 5.91 Å². The summed E-state index contributed by atoms with van der Waals surface area (Å²) in [5, 5.41) is 13.8. The van der Waals surface area contributed by atoms with E-state index >= 15 is 0 Å². The standard InChI is InChI=1S/C14H12N2O2S/c17-9-4-3-6-11-5-1-2-7-12(11)13(18)16-14-15-8-10-19-14/h1-2,5,7-8,10,17H,4,9H2,(H,15,16,18). The smallest absolute Gasteiger partial charge is 0.258 e. The number of hydrogen-bond acceptors (Lipinski definition) is 4. The van der Waals surface area contributed by atoms with Crippen molar-refractivity contribution >= 4 is 22.4 Å². The van der Waals surface area contributed by atoms with Gasteiger partial charge in [-0.05, 0) is 12.1 Å². The molecule has 0 saturated carbocycles. The summed E-state index contributed by atoms with van der Waals surface area (Å²) >= 11 is 1.36. The maximum absolute atomic E-state index is 12.1. The molecular formula is C14H12N2O2S. The van der Waals surface area contributed by atoms with Gasteiger partial charge < -0.3 is 5.11 Å². The van der Waals surface area contributed by atoms with Gasteiger partial charge in [0.05, 0.1) is 12.2 Å². The SMILES string of the molecule is O=C(Nc1nccs1)c1ccccc1C#CCCO. The number of carbonyl (C=O) groups is 1. The van der Waals surface area contributed by atoms with Crippen LogP contribution in [0.1, 0.15) is 22.3 Å². The van der Waals surface area contributed by atoms with Gasteiger partial charge in [0.1, 0.15) is 0 Å². The van der Waals surface area contributed by atoms with E-state index in [2.05, 4.69) is 22.1 Å². The molecule has 96 valence electrons. The lowest BCUT2D eigenvalue weighted by molar-refractivity contribution is 0.102. The van der Waals surface area contributed by atoms with Crippen molar-refractivity contribution in [3.63, 3.8) is 0 Å². The van der Waals surface area contributed by atoms with Crippen LogP contribution in [0, 0.1) is 11.8 Å². The molecule has 0 fully saturated rings. The molecule has 0 bridgehead atoms. The highest BCUT2D eigenvalue weighted by atomic mass is 32.1. The molecule has 1 amide bonds. The number of aliphatic hydroxyl groups is 1. The average Bonchev–Trinajstić information content (AvgIpc) is 2.92. The van der Waals surface area contributed by atoms with Gasteiger partial charge in [-0.25, -0.2) is 4.98 Å². The molecule has 19 heavy (non-hydrogen) atoms. The van der Waals surface area contributed by atoms with Crippen molar-refractivity contribution in [1.29, 1.82) is 0 Å². The van der Waals surface area contributed by atoms with Crippen molar-refractivity contribution in [2.45, 2.75) is 6.42 Å². The van der Waals surface area contributed by atoms with E-state index in [1.165, 1.54) is 11.3 Å². The van der Waals surface area contributed by atoms with Crippen LogP contribution >= 0.6 is 11.3 Å². The van der Waals surface area contributed by atoms with E-state index < -0.39 is 0 Å². The molecule has 0 aliphatic heterocycles. The maximum atomic E-state index is 12.1. The van der Waals surface area contributed by atoms with Crippen LogP contribution < -0.4 is 5.32 Å². The van der Waals surface area contributed by atoms with Gasteiger partial charge in [0, 0.05) is 23.6 Å². The molecule has 0 aliphatic rings. The Balaban J connectivity index is 2.20. The Morgan fingerprint density at radius 1 is 1.42 bits per heavy atom. The molecule has 4 nitrogen and oxygen atoms in total. The molecule has 2 rings (SSSR count). The Hall–Kier alpha value is -2.16. The third-order valence-corrected chi connectivity index (χ3v) is 2.97. The Labute approximate surface area is 115 Å². The molecule has 0 saturated heterocycles. The largest absolute Gasteiger partial charge is 0.395 e. The minimum atomic E-state index is -0.233. The topological polar surface area (TPSA) is 62.2 Å². The van der Waals surface area contributed by atoms with Gasteiger partial charge in [-0.3, -0.25) is 10.1 Å². The number of aliphatic hydroxyl groups excluding tert-OH is 1. The molecule has 1 aromatic carbocycles. The summed E-state index contributed by atoms with van der Waals surface area (Å²) in [5.74, 6) is 5.47. The fourth-order valence-corrected chi connectivity index (χ4v) is 1.98. The van der Waals surface area contributed by atoms with E-state index in [-0.39, 0.29) is 12.5 Å². The second kappa shape index (κ2) is 6.69. The van der Waals surface area contributed by atoms with E-state index in [1.54, 1.807) is 29.8 Å². The quantitative estimate of drug-likeness (QED) is 0.841. The Morgan fingerprint density at radius 3 is 3.00 bits per heavy atom. The van der Waals surface area contributed by atoms with Gasteiger partial charge in [-0.2, -0.15) is 0 Å². The van der Waals surface area contributed by atoms with Gasteiger partial charge in [-0.15, -0.1) is 11.3 Å². The van der Waals surface area contributed by atoms with Crippen LogP contribution in [0.15, 0.2) is 35.8 Å². The van der Waals surface area contributed by atoms with Gasteiger partial charge >= 0.3 is 0 Å². The third-order valence-electron chi connectivity index (χ3n) is 2.28. The molecule has 1 aromatic heterocycles. The Kier molecular flexibility index (Phi) is 4.67. The lowest BCUT2D eigenvalue weighted by Gasteiger charge is -2.03. The number of amides is 1. The van der Waals surface area contributed by atoms with Crippen LogP contribution in [-0.4, -0.2) is 22.6 Å². The van der Waals surface area contributed by atoms with Crippen LogP contribution in [0.5, 0.6) is 0 Å². The molecule has 1 heterocycles. The lowest BCUT2D eigenvalue weighted by Crippen LogP contribution is -2.13. The predicted molar refractivity (Wildman–Crippen MR) is 75.1 cm³/mol. The van der Waals surface area contributed by atoms with Crippen molar-refractivity contribution in [2.24, 2.45) is 0 Å². The van der Waals surface area contributed by atoms with Crippen molar-refractivity contribution in [3.8, 4) is 11.8 Å². The molecule has 0 unspecified atom stereocenters. The minimum Gasteiger partial charge on any atom is -0.395 e. The summed E-state index contributed by atoms with van der Waals surface area (Å²) in [5.41, 5.74) is 1.15. The second-order valence-electron chi connectivity index (χ2n) is 3.61. The molecule has 0 atom stereocenters. The summed E-state index contributed by atoms with van der Waals surface area (Å²) in [6.07, 6.45) is 2.02. The van der Waals surface area contributed by atoms with Crippen molar-refractivity contribution in [3.05, 3.63) is 47.0 Å². The maximum Gasteiger partial charge on any atom is 0.258 e. The van der Waals surface area contributed by atoms with Crippen molar-refractivity contribution in [2.75, 3.05) is 11.9 Å². The van der Waals surface area contributed by atoms with Crippen LogP contribution in [0.25, 0.3) is 0 Å². The number of benzene rings is 1. The highest BCUT2D eigenvalue weighted by Crippen LogP contribution is 2.14. The number of carbonyl (C=O) groups excluding carboxylic acids is 1. The van der Waals surface area contributed by atoms with Gasteiger partial charge in [-0.1, -0.05) is 24.0 Å². The molecule has 0 radical (unpaired) electrons. The Bertz CT molecular complexity index is 612. The first-order valence-corrected chi connectivity index (χ1v) is 6.59. The van der Waals surface area contributed by atoms with E-state index in [9.17, 15) is 4.79 Å². The zero-order chi connectivity index (χ0) is 13.5. The molecule has 0 aliphatic carbocycles. The van der Waals surface area contributed by atoms with E-state index in [4.69, 9.17) is 5.11 Å². The summed E-state index contributed by atoms with van der Waals surface area (Å²) < 4.78 is 0. The number of rotatable bonds is 3. The number of nitrogens with one attached hydrogen (secondary N) is 1. The summed E-state index contributed by atoms with van der Waals surface area (Å²) in [6.45, 7) is 0.0144. The fourth-order valence-electron chi connectivity index (χ4n) is 1.45. The highest BCUT2D eigenvalue weighted by Gasteiger charge is 2.10. The Morgan fingerprint density at radius 2 is 2.26 bits per heavy atom. The van der Waals surface area contributed by atoms with E-state index in [0.717, 1.165) is 0 Å². The number of anilines is 1. The van der Waals surface area contributed by atoms with E-state index in [0.29, 0.717) is 22.7 Å². The number of nitrogens with zero attached hydrogens (tertiary/aromatic N) is 1. The van der Waals surface area contributed by atoms with Crippen LogP contribution in [-0.2, 0) is 0 Å². The molecule has 2 N–H and O–H groups in total. The molecule has 5 heteroatoms. The van der Waals surface area contributed by atoms with Crippen LogP contribution in [0.2, 0.25) is 0 Å². The zero-order valence-corrected chi connectivity index (χ0v) is 10.9. The minimum absolute atomic E-state index is 0.0144. The van der Waals surface area contributed by atoms with Crippen LogP contribution in [0.4, 0.5) is 5.13 Å². The normalized spacial score (nSPS) is 9.53. The van der Waals surface area contributed by atoms with Crippen LogP contribution in [0.3, 0.4) is 0 Å². The fraction of sp³-hybridized carbons (Fsp3) is 0.143. The molecule has 2 aromatic rings. The van der Waals surface area contributed by atoms with Gasteiger partial charge in [0.2, 0.25) is 0 Å². The number of thiazole rings is 1. The lowest BCUT2D eigenvalue weighted by atomic mass is 10.1. The predicted octanol–water partition coefficient (Wildman–Crippen LogP) is 2.13. The highest BCUT2D eigenvalue weighted by molar-refractivity contribution is 7.13. The molecule has 0 spiro atoms. The zero-order valence-electron chi connectivity index (χ0n) is 10.1.